The van der Waals surface area contributed by atoms with E-state index in [1.807, 2.05) is 0 Å². The molecule has 2 heteroatoms. The van der Waals surface area contributed by atoms with Crippen LogP contribution in [0.15, 0.2) is 12.7 Å². The Kier molecular flexibility index (Phi) is 3.65. The molecule has 0 aromatic rings. The van der Waals surface area contributed by atoms with Crippen molar-refractivity contribution >= 4 is 0 Å². The number of hydrogen-bond donors (Lipinski definition) is 1. The smallest absolute Gasteiger partial charge is 0.0269 e. The van der Waals surface area contributed by atoms with E-state index in [9.17, 15) is 0 Å². The van der Waals surface area contributed by atoms with E-state index in [1.165, 1.54) is 0 Å². The van der Waals surface area contributed by atoms with Crippen LogP contribution in [0, 0.1) is 0 Å². The van der Waals surface area contributed by atoms with Crippen LogP contribution in [-0.2, 0) is 0 Å². The maximum atomic E-state index is 8.47. The highest BCUT2D eigenvalue weighted by Gasteiger charge is 1.83. The third kappa shape index (κ3) is 5.66. The minimum atomic E-state index is 0.670. The zero-order valence-corrected chi connectivity index (χ0v) is 4.59. The maximum absolute atomic E-state index is 8.47. The van der Waals surface area contributed by atoms with Crippen molar-refractivity contribution in [1.82, 2.24) is 5.06 Å². The Balaban J connectivity index is 2.81. The summed E-state index contributed by atoms with van der Waals surface area (Å²) in [5.41, 5.74) is 0. The summed E-state index contributed by atoms with van der Waals surface area (Å²) in [7, 11) is 1.61. The Hall–Kier alpha value is -0.340. The molecule has 0 fully saturated rings. The third-order valence-electron chi connectivity index (χ3n) is 0.657. The second kappa shape index (κ2) is 3.84. The first-order valence-electron chi connectivity index (χ1n) is 2.28. The van der Waals surface area contributed by atoms with Crippen LogP contribution in [0.2, 0.25) is 0 Å². The lowest BCUT2D eigenvalue weighted by Gasteiger charge is -2.02. The largest absolute Gasteiger partial charge is 0.314 e. The molecule has 0 aromatic carbocycles. The lowest BCUT2D eigenvalue weighted by Crippen LogP contribution is -2.12. The van der Waals surface area contributed by atoms with E-state index in [0.29, 0.717) is 6.54 Å². The molecule has 0 radical (unpaired) electrons. The fourth-order valence-corrected chi connectivity index (χ4v) is 0.278. The second-order valence-corrected chi connectivity index (χ2v) is 1.46. The Bertz CT molecular complexity index is 52.0. The van der Waals surface area contributed by atoms with Crippen LogP contribution >= 0.6 is 0 Å². The molecule has 0 unspecified atom stereocenters. The van der Waals surface area contributed by atoms with Crippen LogP contribution in [0.1, 0.15) is 6.42 Å². The fourth-order valence-electron chi connectivity index (χ4n) is 0.278. The van der Waals surface area contributed by atoms with Crippen LogP contribution in [-0.4, -0.2) is 23.9 Å². The number of nitrogens with zero attached hydrogens (tertiary/aromatic N) is 1. The molecule has 42 valence electrons. The Morgan fingerprint density at radius 2 is 2.43 bits per heavy atom. The predicted molar refractivity (Wildman–Crippen MR) is 29.2 cm³/mol. The number of hydroxylamine groups is 2. The minimum absolute atomic E-state index is 0.670. The molecule has 2 nitrogen and oxygen atoms in total. The van der Waals surface area contributed by atoms with Gasteiger partial charge in [-0.25, -0.2) is 0 Å². The van der Waals surface area contributed by atoms with E-state index >= 15 is 0 Å². The molecule has 0 rings (SSSR count). The van der Waals surface area contributed by atoms with Crippen LogP contribution in [0.4, 0.5) is 0 Å². The highest BCUT2D eigenvalue weighted by molar-refractivity contribution is 4.65. The van der Waals surface area contributed by atoms with Gasteiger partial charge in [-0.15, -0.1) is 6.58 Å². The van der Waals surface area contributed by atoms with Crippen molar-refractivity contribution in [3.05, 3.63) is 12.7 Å². The lowest BCUT2D eigenvalue weighted by atomic mass is 10.4. The molecular formula is C5H11NO. The SMILES string of the molecule is C=CCCN(C)O. The summed E-state index contributed by atoms with van der Waals surface area (Å²) in [6.45, 7) is 4.16. The van der Waals surface area contributed by atoms with Crippen LogP contribution < -0.4 is 0 Å². The van der Waals surface area contributed by atoms with Gasteiger partial charge in [-0.1, -0.05) is 6.08 Å². The molecule has 7 heavy (non-hydrogen) atoms. The minimum Gasteiger partial charge on any atom is -0.314 e. The van der Waals surface area contributed by atoms with E-state index in [4.69, 9.17) is 5.21 Å². The summed E-state index contributed by atoms with van der Waals surface area (Å²) in [6, 6.07) is 0. The van der Waals surface area contributed by atoms with Crippen molar-refractivity contribution in [3.8, 4) is 0 Å². The van der Waals surface area contributed by atoms with Crippen molar-refractivity contribution < 1.29 is 5.21 Å². The summed E-state index contributed by atoms with van der Waals surface area (Å²) < 4.78 is 0. The maximum Gasteiger partial charge on any atom is 0.0269 e. The van der Waals surface area contributed by atoms with Gasteiger partial charge in [0.15, 0.2) is 0 Å². The molecule has 0 heterocycles. The number of rotatable bonds is 3. The third-order valence-corrected chi connectivity index (χ3v) is 0.657. The zero-order chi connectivity index (χ0) is 5.70. The highest BCUT2D eigenvalue weighted by atomic mass is 16.5. The van der Waals surface area contributed by atoms with E-state index in [2.05, 4.69) is 6.58 Å². The molecular weight excluding hydrogens is 90.1 g/mol. The molecule has 0 aromatic heterocycles. The Morgan fingerprint density at radius 3 is 2.57 bits per heavy atom. The molecule has 0 aliphatic heterocycles. The highest BCUT2D eigenvalue weighted by Crippen LogP contribution is 1.80. The quantitative estimate of drug-likeness (QED) is 0.421. The molecule has 0 atom stereocenters. The van der Waals surface area contributed by atoms with E-state index in [0.717, 1.165) is 11.5 Å². The van der Waals surface area contributed by atoms with Crippen molar-refractivity contribution in [3.63, 3.8) is 0 Å². The van der Waals surface area contributed by atoms with E-state index < -0.39 is 0 Å². The normalized spacial score (nSPS) is 9.57. The molecule has 0 amide bonds. The first-order chi connectivity index (χ1) is 3.27. The zero-order valence-electron chi connectivity index (χ0n) is 4.59. The van der Waals surface area contributed by atoms with Gasteiger partial charge in [0.05, 0.1) is 0 Å². The number of hydrogen-bond acceptors (Lipinski definition) is 2. The van der Waals surface area contributed by atoms with Crippen LogP contribution in [0.3, 0.4) is 0 Å². The van der Waals surface area contributed by atoms with Crippen molar-refractivity contribution in [2.45, 2.75) is 6.42 Å². The van der Waals surface area contributed by atoms with Gasteiger partial charge in [0.2, 0.25) is 0 Å². The van der Waals surface area contributed by atoms with Crippen molar-refractivity contribution in [2.24, 2.45) is 0 Å². The topological polar surface area (TPSA) is 23.5 Å². The van der Waals surface area contributed by atoms with E-state index in [1.54, 1.807) is 13.1 Å². The summed E-state index contributed by atoms with van der Waals surface area (Å²) >= 11 is 0. The molecule has 0 bridgehead atoms. The lowest BCUT2D eigenvalue weighted by molar-refractivity contribution is -0.0629. The Labute approximate surface area is 44.0 Å². The fraction of sp³-hybridized carbons (Fsp3) is 0.600. The molecule has 0 saturated heterocycles. The summed E-state index contributed by atoms with van der Waals surface area (Å²) in [5.74, 6) is 0. The van der Waals surface area contributed by atoms with Gasteiger partial charge in [-0.3, -0.25) is 0 Å². The molecule has 0 aliphatic rings. The summed E-state index contributed by atoms with van der Waals surface area (Å²) in [6.07, 6.45) is 2.61. The summed E-state index contributed by atoms with van der Waals surface area (Å²) in [5, 5.41) is 9.61. The molecule has 1 N–H and O–H groups in total. The Morgan fingerprint density at radius 1 is 1.86 bits per heavy atom. The van der Waals surface area contributed by atoms with Gasteiger partial charge in [0.1, 0.15) is 0 Å². The predicted octanol–water partition coefficient (Wildman–Crippen LogP) is 0.883. The average molecular weight is 101 g/mol. The standard InChI is InChI=1S/C5H11NO/c1-3-4-5-6(2)7/h3,7H,1,4-5H2,2H3. The van der Waals surface area contributed by atoms with Gasteiger partial charge >= 0.3 is 0 Å². The molecule has 0 spiro atoms. The van der Waals surface area contributed by atoms with Gasteiger partial charge in [-0.05, 0) is 6.42 Å². The first kappa shape index (κ1) is 6.66. The van der Waals surface area contributed by atoms with Gasteiger partial charge in [-0.2, -0.15) is 5.06 Å². The van der Waals surface area contributed by atoms with Gasteiger partial charge < -0.3 is 5.21 Å². The monoisotopic (exact) mass is 101 g/mol. The second-order valence-electron chi connectivity index (χ2n) is 1.46. The van der Waals surface area contributed by atoms with Crippen LogP contribution in [0.25, 0.3) is 0 Å². The average Bonchev–Trinajstić information content (AvgIpc) is 1.61. The van der Waals surface area contributed by atoms with Gasteiger partial charge in [0.25, 0.3) is 0 Å². The van der Waals surface area contributed by atoms with Crippen molar-refractivity contribution in [2.75, 3.05) is 13.6 Å². The van der Waals surface area contributed by atoms with E-state index in [-0.39, 0.29) is 0 Å². The molecule has 0 saturated carbocycles. The molecule has 0 aliphatic carbocycles. The summed E-state index contributed by atoms with van der Waals surface area (Å²) in [4.78, 5) is 0. The van der Waals surface area contributed by atoms with Crippen LogP contribution in [0.5, 0.6) is 0 Å². The van der Waals surface area contributed by atoms with Gasteiger partial charge in [0, 0.05) is 13.6 Å². The van der Waals surface area contributed by atoms with Crippen molar-refractivity contribution in [1.29, 1.82) is 0 Å². The first-order valence-corrected chi connectivity index (χ1v) is 2.28.